The van der Waals surface area contributed by atoms with E-state index in [1.54, 1.807) is 36.7 Å². The normalized spacial score (nSPS) is 10.5. The van der Waals surface area contributed by atoms with Gasteiger partial charge < -0.3 is 5.11 Å². The summed E-state index contributed by atoms with van der Waals surface area (Å²) in [6.45, 7) is 0. The zero-order valence-electron chi connectivity index (χ0n) is 10.7. The van der Waals surface area contributed by atoms with E-state index in [0.29, 0.717) is 15.7 Å². The van der Waals surface area contributed by atoms with Gasteiger partial charge in [0.25, 0.3) is 0 Å². The molecule has 0 fully saturated rings. The summed E-state index contributed by atoms with van der Waals surface area (Å²) in [5.41, 5.74) is 2.03. The maximum absolute atomic E-state index is 11.4. The average Bonchev–Trinajstić information content (AvgIpc) is 2.94. The largest absolute Gasteiger partial charge is 0.477 e. The Morgan fingerprint density at radius 3 is 2.33 bits per heavy atom. The van der Waals surface area contributed by atoms with Crippen LogP contribution in [0.1, 0.15) is 9.67 Å². The van der Waals surface area contributed by atoms with Gasteiger partial charge in [-0.05, 0) is 24.3 Å². The van der Waals surface area contributed by atoms with Gasteiger partial charge in [-0.25, -0.2) is 9.78 Å². The predicted molar refractivity (Wildman–Crippen MR) is 82.8 cm³/mol. The van der Waals surface area contributed by atoms with Gasteiger partial charge in [0.1, 0.15) is 9.88 Å². The molecule has 0 atom stereocenters. The number of carboxylic acids is 1. The molecule has 0 aliphatic heterocycles. The lowest BCUT2D eigenvalue weighted by molar-refractivity contribution is 0.0702. The Hall–Kier alpha value is -2.24. The van der Waals surface area contributed by atoms with Gasteiger partial charge in [0.05, 0.1) is 5.69 Å². The highest BCUT2D eigenvalue weighted by atomic mass is 35.5. The minimum Gasteiger partial charge on any atom is -0.477 e. The third-order valence-electron chi connectivity index (χ3n) is 2.87. The van der Waals surface area contributed by atoms with Gasteiger partial charge in [-0.3, -0.25) is 4.98 Å². The van der Waals surface area contributed by atoms with Crippen LogP contribution in [0, 0.1) is 0 Å². The van der Waals surface area contributed by atoms with Crippen molar-refractivity contribution in [2.24, 2.45) is 0 Å². The van der Waals surface area contributed by atoms with Crippen molar-refractivity contribution in [1.29, 1.82) is 0 Å². The number of carboxylic acid groups (broad SMARTS) is 1. The third kappa shape index (κ3) is 2.79. The molecular formula is C15H9ClN2O2S. The quantitative estimate of drug-likeness (QED) is 0.785. The number of thiazole rings is 1. The van der Waals surface area contributed by atoms with Gasteiger partial charge in [0, 0.05) is 28.5 Å². The van der Waals surface area contributed by atoms with Crippen molar-refractivity contribution in [3.8, 4) is 21.8 Å². The highest BCUT2D eigenvalue weighted by molar-refractivity contribution is 7.17. The molecule has 0 amide bonds. The van der Waals surface area contributed by atoms with Crippen LogP contribution in [0.4, 0.5) is 0 Å². The van der Waals surface area contributed by atoms with Gasteiger partial charge in [-0.2, -0.15) is 0 Å². The maximum Gasteiger partial charge on any atom is 0.348 e. The van der Waals surface area contributed by atoms with E-state index in [4.69, 9.17) is 11.6 Å². The third-order valence-corrected chi connectivity index (χ3v) is 4.21. The predicted octanol–water partition coefficient (Wildman–Crippen LogP) is 4.22. The Morgan fingerprint density at radius 2 is 1.71 bits per heavy atom. The van der Waals surface area contributed by atoms with Crippen LogP contribution in [-0.4, -0.2) is 21.0 Å². The fourth-order valence-electron chi connectivity index (χ4n) is 1.89. The molecule has 2 heterocycles. The lowest BCUT2D eigenvalue weighted by Gasteiger charge is -1.97. The lowest BCUT2D eigenvalue weighted by Crippen LogP contribution is -1.95. The van der Waals surface area contributed by atoms with Gasteiger partial charge in [-0.1, -0.05) is 23.7 Å². The van der Waals surface area contributed by atoms with Crippen LogP contribution in [-0.2, 0) is 0 Å². The van der Waals surface area contributed by atoms with Gasteiger partial charge in [-0.15, -0.1) is 11.3 Å². The zero-order valence-corrected chi connectivity index (χ0v) is 12.2. The van der Waals surface area contributed by atoms with Crippen LogP contribution in [0.25, 0.3) is 21.8 Å². The highest BCUT2D eigenvalue weighted by Crippen LogP contribution is 2.34. The minimum absolute atomic E-state index is 0.214. The van der Waals surface area contributed by atoms with Crippen LogP contribution in [0.2, 0.25) is 5.02 Å². The van der Waals surface area contributed by atoms with Crippen LogP contribution in [0.15, 0.2) is 48.8 Å². The molecule has 0 saturated heterocycles. The number of benzene rings is 1. The number of carbonyl (C=O) groups is 1. The number of halogens is 1. The monoisotopic (exact) mass is 316 g/mol. The Morgan fingerprint density at radius 1 is 1.05 bits per heavy atom. The molecule has 3 aromatic rings. The summed E-state index contributed by atoms with van der Waals surface area (Å²) < 4.78 is 0. The molecule has 0 aliphatic rings. The second-order valence-corrected chi connectivity index (χ2v) is 5.68. The van der Waals surface area contributed by atoms with E-state index in [9.17, 15) is 9.90 Å². The van der Waals surface area contributed by atoms with Crippen molar-refractivity contribution in [2.75, 3.05) is 0 Å². The average molecular weight is 317 g/mol. The van der Waals surface area contributed by atoms with Gasteiger partial charge >= 0.3 is 5.97 Å². The Balaban J connectivity index is 2.13. The number of aromatic carboxylic acids is 1. The van der Waals surface area contributed by atoms with E-state index < -0.39 is 5.97 Å². The number of nitrogens with zero attached hydrogens (tertiary/aromatic N) is 2. The van der Waals surface area contributed by atoms with Crippen molar-refractivity contribution >= 4 is 28.9 Å². The smallest absolute Gasteiger partial charge is 0.348 e. The summed E-state index contributed by atoms with van der Waals surface area (Å²) >= 11 is 7.01. The van der Waals surface area contributed by atoms with E-state index in [2.05, 4.69) is 9.97 Å². The van der Waals surface area contributed by atoms with E-state index in [-0.39, 0.29) is 4.88 Å². The van der Waals surface area contributed by atoms with E-state index in [0.717, 1.165) is 22.5 Å². The van der Waals surface area contributed by atoms with E-state index in [1.807, 2.05) is 12.1 Å². The summed E-state index contributed by atoms with van der Waals surface area (Å²) in [5.74, 6) is -0.987. The first kappa shape index (κ1) is 13.7. The fourth-order valence-corrected chi connectivity index (χ4v) is 2.94. The van der Waals surface area contributed by atoms with Gasteiger partial charge in [0.15, 0.2) is 0 Å². The number of rotatable bonds is 3. The molecule has 0 bridgehead atoms. The van der Waals surface area contributed by atoms with Gasteiger partial charge in [0.2, 0.25) is 0 Å². The molecule has 4 nitrogen and oxygen atoms in total. The van der Waals surface area contributed by atoms with Crippen molar-refractivity contribution in [3.05, 3.63) is 58.7 Å². The molecule has 0 spiro atoms. The number of hydrogen-bond acceptors (Lipinski definition) is 4. The second kappa shape index (κ2) is 5.63. The Kier molecular flexibility index (Phi) is 3.68. The summed E-state index contributed by atoms with van der Waals surface area (Å²) in [7, 11) is 0. The number of aromatic nitrogens is 2. The first-order chi connectivity index (χ1) is 10.1. The molecule has 21 heavy (non-hydrogen) atoms. The van der Waals surface area contributed by atoms with Crippen LogP contribution in [0.5, 0.6) is 0 Å². The summed E-state index contributed by atoms with van der Waals surface area (Å²) in [5, 5.41) is 10.6. The van der Waals surface area contributed by atoms with E-state index >= 15 is 0 Å². The summed E-state index contributed by atoms with van der Waals surface area (Å²) in [4.78, 5) is 20.0. The topological polar surface area (TPSA) is 63.1 Å². The van der Waals surface area contributed by atoms with Crippen LogP contribution >= 0.6 is 22.9 Å². The van der Waals surface area contributed by atoms with Crippen molar-refractivity contribution in [2.45, 2.75) is 0 Å². The van der Waals surface area contributed by atoms with Crippen molar-refractivity contribution in [1.82, 2.24) is 9.97 Å². The van der Waals surface area contributed by atoms with Crippen molar-refractivity contribution in [3.63, 3.8) is 0 Å². The molecular weight excluding hydrogens is 308 g/mol. The number of pyridine rings is 1. The van der Waals surface area contributed by atoms with Crippen molar-refractivity contribution < 1.29 is 9.90 Å². The molecule has 1 aromatic carbocycles. The summed E-state index contributed by atoms with van der Waals surface area (Å²) in [6.07, 6.45) is 3.23. The SMILES string of the molecule is O=C(O)c1sc(-c2ccc(Cl)cc2)nc1-c1ccncc1. The molecule has 0 radical (unpaired) electrons. The molecule has 1 N–H and O–H groups in total. The first-order valence-corrected chi connectivity index (χ1v) is 7.25. The standard InChI is InChI=1S/C15H9ClN2O2S/c16-11-3-1-10(2-4-11)14-18-12(13(21-14)15(19)20)9-5-7-17-8-6-9/h1-8H,(H,19,20). The molecule has 104 valence electrons. The first-order valence-electron chi connectivity index (χ1n) is 6.05. The number of hydrogen-bond donors (Lipinski definition) is 1. The molecule has 2 aromatic heterocycles. The maximum atomic E-state index is 11.4. The Bertz CT molecular complexity index is 785. The van der Waals surface area contributed by atoms with E-state index in [1.165, 1.54) is 0 Å². The second-order valence-electron chi connectivity index (χ2n) is 4.24. The summed E-state index contributed by atoms with van der Waals surface area (Å²) in [6, 6.07) is 10.6. The Labute approximate surface area is 129 Å². The minimum atomic E-state index is -0.987. The highest BCUT2D eigenvalue weighted by Gasteiger charge is 2.19. The molecule has 0 aliphatic carbocycles. The molecule has 3 rings (SSSR count). The molecule has 0 unspecified atom stereocenters. The fraction of sp³-hybridized carbons (Fsp3) is 0. The molecule has 0 saturated carbocycles. The zero-order chi connectivity index (χ0) is 14.8. The van der Waals surface area contributed by atoms with Crippen LogP contribution in [0.3, 0.4) is 0 Å². The van der Waals surface area contributed by atoms with Crippen LogP contribution < -0.4 is 0 Å². The molecule has 6 heteroatoms. The lowest BCUT2D eigenvalue weighted by atomic mass is 10.2.